The van der Waals surface area contributed by atoms with Crippen molar-refractivity contribution in [1.82, 2.24) is 0 Å². The van der Waals surface area contributed by atoms with E-state index in [-0.39, 0.29) is 0 Å². The normalized spacial score (nSPS) is 10.1. The summed E-state index contributed by atoms with van der Waals surface area (Å²) in [4.78, 5) is 0. The molecule has 0 saturated carbocycles. The van der Waals surface area contributed by atoms with E-state index in [9.17, 15) is 0 Å². The van der Waals surface area contributed by atoms with Crippen molar-refractivity contribution in [3.05, 3.63) is 53.6 Å². The minimum absolute atomic E-state index is 1.31. The lowest BCUT2D eigenvalue weighted by molar-refractivity contribution is 1.42. The molecule has 0 radical (unpaired) electrons. The molecule has 0 bridgehead atoms. The Bertz CT molecular complexity index is 469. The molecule has 0 nitrogen and oxygen atoms in total. The third kappa shape index (κ3) is 1.69. The SMILES string of the molecule is CC(C)=Cc1cccc2ccccc12. The minimum Gasteiger partial charge on any atom is -0.0758 e. The molecule has 70 valence electrons. The summed E-state index contributed by atoms with van der Waals surface area (Å²) >= 11 is 0. The third-order valence-corrected chi connectivity index (χ3v) is 2.27. The smallest absolute Gasteiger partial charge is 0.0111 e. The van der Waals surface area contributed by atoms with Gasteiger partial charge in [0.05, 0.1) is 0 Å². The van der Waals surface area contributed by atoms with Crippen LogP contribution in [0.15, 0.2) is 48.0 Å². The van der Waals surface area contributed by atoms with Gasteiger partial charge >= 0.3 is 0 Å². The molecule has 0 fully saturated rings. The van der Waals surface area contributed by atoms with Crippen molar-refractivity contribution in [2.45, 2.75) is 13.8 Å². The van der Waals surface area contributed by atoms with Crippen LogP contribution in [0.5, 0.6) is 0 Å². The molecular weight excluding hydrogens is 168 g/mol. The van der Waals surface area contributed by atoms with Crippen LogP contribution in [0.25, 0.3) is 16.8 Å². The first-order chi connectivity index (χ1) is 6.77. The van der Waals surface area contributed by atoms with E-state index in [4.69, 9.17) is 0 Å². The van der Waals surface area contributed by atoms with Gasteiger partial charge in [0.15, 0.2) is 0 Å². The summed E-state index contributed by atoms with van der Waals surface area (Å²) in [6, 6.07) is 14.9. The number of allylic oxidation sites excluding steroid dienone is 1. The number of fused-ring (bicyclic) bond motifs is 1. The highest BCUT2D eigenvalue weighted by atomic mass is 14.0. The fourth-order valence-corrected chi connectivity index (χ4v) is 1.69. The first-order valence-corrected chi connectivity index (χ1v) is 4.90. The maximum absolute atomic E-state index is 2.22. The van der Waals surface area contributed by atoms with Gasteiger partial charge in [-0.3, -0.25) is 0 Å². The Kier molecular flexibility index (Phi) is 2.36. The molecule has 0 aliphatic carbocycles. The highest BCUT2D eigenvalue weighted by molar-refractivity contribution is 5.90. The van der Waals surface area contributed by atoms with E-state index >= 15 is 0 Å². The summed E-state index contributed by atoms with van der Waals surface area (Å²) in [5, 5.41) is 2.64. The number of benzene rings is 2. The Labute approximate surface area is 84.9 Å². The lowest BCUT2D eigenvalue weighted by Gasteiger charge is -2.02. The summed E-state index contributed by atoms with van der Waals surface area (Å²) < 4.78 is 0. The average Bonchev–Trinajstić information content (AvgIpc) is 2.18. The first-order valence-electron chi connectivity index (χ1n) is 4.90. The second kappa shape index (κ2) is 3.67. The van der Waals surface area contributed by atoms with Crippen LogP contribution in [0, 0.1) is 0 Å². The third-order valence-electron chi connectivity index (χ3n) is 2.27. The van der Waals surface area contributed by atoms with E-state index in [0.717, 1.165) is 0 Å². The number of hydrogen-bond acceptors (Lipinski definition) is 0. The molecule has 0 N–H and O–H groups in total. The second-order valence-electron chi connectivity index (χ2n) is 3.79. The van der Waals surface area contributed by atoms with Crippen LogP contribution < -0.4 is 0 Å². The Morgan fingerprint density at radius 3 is 2.43 bits per heavy atom. The van der Waals surface area contributed by atoms with Crippen molar-refractivity contribution in [2.24, 2.45) is 0 Å². The van der Waals surface area contributed by atoms with Gasteiger partial charge in [-0.25, -0.2) is 0 Å². The van der Waals surface area contributed by atoms with Crippen LogP contribution in [0.3, 0.4) is 0 Å². The lowest BCUT2D eigenvalue weighted by atomic mass is 10.0. The largest absolute Gasteiger partial charge is 0.0758 e. The van der Waals surface area contributed by atoms with Crippen LogP contribution >= 0.6 is 0 Å². The van der Waals surface area contributed by atoms with Gasteiger partial charge in [0.25, 0.3) is 0 Å². The molecule has 2 rings (SSSR count). The Hall–Kier alpha value is -1.56. The van der Waals surface area contributed by atoms with Crippen LogP contribution in [0.2, 0.25) is 0 Å². The topological polar surface area (TPSA) is 0 Å². The summed E-state index contributed by atoms with van der Waals surface area (Å²) in [7, 11) is 0. The van der Waals surface area contributed by atoms with Gasteiger partial charge in [0, 0.05) is 0 Å². The summed E-state index contributed by atoms with van der Waals surface area (Å²) in [6.07, 6.45) is 2.22. The molecule has 0 unspecified atom stereocenters. The van der Waals surface area contributed by atoms with Crippen molar-refractivity contribution in [3.63, 3.8) is 0 Å². The van der Waals surface area contributed by atoms with E-state index < -0.39 is 0 Å². The molecule has 0 spiro atoms. The van der Waals surface area contributed by atoms with E-state index in [1.165, 1.54) is 21.9 Å². The summed E-state index contributed by atoms with van der Waals surface area (Å²) in [6.45, 7) is 4.25. The van der Waals surface area contributed by atoms with E-state index in [0.29, 0.717) is 0 Å². The van der Waals surface area contributed by atoms with Crippen molar-refractivity contribution in [2.75, 3.05) is 0 Å². The van der Waals surface area contributed by atoms with Crippen molar-refractivity contribution in [1.29, 1.82) is 0 Å². The predicted molar refractivity (Wildman–Crippen MR) is 63.3 cm³/mol. The molecular formula is C14H14. The van der Waals surface area contributed by atoms with Crippen LogP contribution in [0.1, 0.15) is 19.4 Å². The lowest BCUT2D eigenvalue weighted by Crippen LogP contribution is -1.78. The molecule has 0 aliphatic rings. The number of hydrogen-bond donors (Lipinski definition) is 0. The fraction of sp³-hybridized carbons (Fsp3) is 0.143. The van der Waals surface area contributed by atoms with Crippen LogP contribution in [-0.2, 0) is 0 Å². The molecule has 0 heteroatoms. The van der Waals surface area contributed by atoms with Gasteiger partial charge < -0.3 is 0 Å². The molecule has 0 atom stereocenters. The van der Waals surface area contributed by atoms with E-state index in [1.54, 1.807) is 0 Å². The number of rotatable bonds is 1. The fourth-order valence-electron chi connectivity index (χ4n) is 1.69. The molecule has 0 aromatic heterocycles. The first kappa shape index (κ1) is 9.01. The second-order valence-corrected chi connectivity index (χ2v) is 3.79. The molecule has 14 heavy (non-hydrogen) atoms. The quantitative estimate of drug-likeness (QED) is 0.618. The zero-order valence-electron chi connectivity index (χ0n) is 8.62. The molecule has 2 aromatic carbocycles. The van der Waals surface area contributed by atoms with Crippen LogP contribution in [0.4, 0.5) is 0 Å². The molecule has 0 heterocycles. The van der Waals surface area contributed by atoms with Gasteiger partial charge in [0.2, 0.25) is 0 Å². The maximum atomic E-state index is 2.22. The van der Waals surface area contributed by atoms with Gasteiger partial charge in [-0.05, 0) is 30.2 Å². The van der Waals surface area contributed by atoms with Crippen molar-refractivity contribution >= 4 is 16.8 Å². The highest BCUT2D eigenvalue weighted by Crippen LogP contribution is 2.20. The molecule has 0 saturated heterocycles. The van der Waals surface area contributed by atoms with Gasteiger partial charge in [0.1, 0.15) is 0 Å². The molecule has 0 amide bonds. The highest BCUT2D eigenvalue weighted by Gasteiger charge is 1.95. The van der Waals surface area contributed by atoms with E-state index in [2.05, 4.69) is 62.4 Å². The standard InChI is InChI=1S/C14H14/c1-11(2)10-13-8-5-7-12-6-3-4-9-14(12)13/h3-10H,1-2H3. The monoisotopic (exact) mass is 182 g/mol. The van der Waals surface area contributed by atoms with Gasteiger partial charge in [-0.2, -0.15) is 0 Å². The van der Waals surface area contributed by atoms with Crippen LogP contribution in [-0.4, -0.2) is 0 Å². The summed E-state index contributed by atoms with van der Waals surface area (Å²) in [5.41, 5.74) is 2.64. The Morgan fingerprint density at radius 2 is 1.64 bits per heavy atom. The molecule has 0 aliphatic heterocycles. The van der Waals surface area contributed by atoms with Gasteiger partial charge in [-0.15, -0.1) is 0 Å². The predicted octanol–water partition coefficient (Wildman–Crippen LogP) is 4.26. The molecule has 2 aromatic rings. The Balaban J connectivity index is 2.71. The maximum Gasteiger partial charge on any atom is -0.0111 e. The zero-order chi connectivity index (χ0) is 9.97. The summed E-state index contributed by atoms with van der Waals surface area (Å²) in [5.74, 6) is 0. The minimum atomic E-state index is 1.31. The zero-order valence-corrected chi connectivity index (χ0v) is 8.62. The van der Waals surface area contributed by atoms with Crippen molar-refractivity contribution < 1.29 is 0 Å². The van der Waals surface area contributed by atoms with Gasteiger partial charge in [-0.1, -0.05) is 54.1 Å². The van der Waals surface area contributed by atoms with E-state index in [1.807, 2.05) is 0 Å². The average molecular weight is 182 g/mol. The Morgan fingerprint density at radius 1 is 0.929 bits per heavy atom. The van der Waals surface area contributed by atoms with Crippen molar-refractivity contribution in [3.8, 4) is 0 Å².